The highest BCUT2D eigenvalue weighted by atomic mass is 35.5. The van der Waals surface area contributed by atoms with Crippen molar-refractivity contribution in [3.05, 3.63) is 10.0 Å². The molecule has 1 aromatic rings. The minimum absolute atomic E-state index is 0.153. The van der Waals surface area contributed by atoms with Gasteiger partial charge in [0.05, 0.1) is 10.8 Å². The first-order chi connectivity index (χ1) is 7.37. The molecular weight excluding hydrogens is 284 g/mol. The van der Waals surface area contributed by atoms with Crippen molar-refractivity contribution in [2.24, 2.45) is 0 Å². The van der Waals surface area contributed by atoms with Crippen molar-refractivity contribution >= 4 is 39.7 Å². The first kappa shape index (κ1) is 13.9. The molecule has 8 heteroatoms. The number of halogens is 5. The molecule has 0 radical (unpaired) electrons. The zero-order chi connectivity index (χ0) is 12.3. The Kier molecular flexibility index (Phi) is 4.70. The maximum Gasteiger partial charge on any atom is 0.406 e. The van der Waals surface area contributed by atoms with Crippen LogP contribution < -0.4 is 4.90 Å². The smallest absolute Gasteiger partial charge is 0.339 e. The number of hydrogen-bond donors (Lipinski definition) is 0. The Morgan fingerprint density at radius 1 is 1.44 bits per heavy atom. The Morgan fingerprint density at radius 3 is 2.44 bits per heavy atom. The lowest BCUT2D eigenvalue weighted by Gasteiger charge is -2.20. The minimum atomic E-state index is -4.25. The number of hydrogen-bond acceptors (Lipinski definition) is 3. The molecule has 16 heavy (non-hydrogen) atoms. The SMILES string of the molecule is CCN(CC(F)(F)F)c1nc(Cl)c(CCl)s1. The van der Waals surface area contributed by atoms with Gasteiger partial charge in [-0.25, -0.2) is 4.98 Å². The first-order valence-corrected chi connectivity index (χ1v) is 6.13. The Bertz CT molecular complexity index is 354. The molecule has 1 rings (SSSR count). The van der Waals surface area contributed by atoms with Crippen molar-refractivity contribution in [1.82, 2.24) is 4.98 Å². The highest BCUT2D eigenvalue weighted by molar-refractivity contribution is 7.16. The van der Waals surface area contributed by atoms with Crippen LogP contribution in [0, 0.1) is 0 Å². The molecule has 0 fully saturated rings. The molecule has 1 aromatic heterocycles. The van der Waals surface area contributed by atoms with Gasteiger partial charge in [0.1, 0.15) is 11.7 Å². The van der Waals surface area contributed by atoms with Crippen molar-refractivity contribution in [1.29, 1.82) is 0 Å². The molecule has 0 aliphatic heterocycles. The van der Waals surface area contributed by atoms with Crippen LogP contribution in [0.5, 0.6) is 0 Å². The summed E-state index contributed by atoms with van der Waals surface area (Å²) in [5.74, 6) is 0.153. The van der Waals surface area contributed by atoms with Gasteiger partial charge in [0.15, 0.2) is 5.13 Å². The molecule has 0 saturated carbocycles. The normalized spacial score (nSPS) is 11.9. The number of anilines is 1. The van der Waals surface area contributed by atoms with E-state index in [4.69, 9.17) is 23.2 Å². The molecule has 0 aromatic carbocycles. The molecule has 0 unspecified atom stereocenters. The number of nitrogens with zero attached hydrogens (tertiary/aromatic N) is 2. The van der Waals surface area contributed by atoms with Gasteiger partial charge in [-0.2, -0.15) is 13.2 Å². The molecule has 0 atom stereocenters. The van der Waals surface area contributed by atoms with Crippen LogP contribution in [0.25, 0.3) is 0 Å². The molecule has 0 bridgehead atoms. The summed E-state index contributed by atoms with van der Waals surface area (Å²) in [6.45, 7) is 0.807. The summed E-state index contributed by atoms with van der Waals surface area (Å²) in [5, 5.41) is 0.427. The molecule has 1 heterocycles. The van der Waals surface area contributed by atoms with E-state index in [0.717, 1.165) is 16.2 Å². The summed E-state index contributed by atoms with van der Waals surface area (Å²) in [5.41, 5.74) is 0. The minimum Gasteiger partial charge on any atom is -0.339 e. The van der Waals surface area contributed by atoms with Crippen molar-refractivity contribution in [2.75, 3.05) is 18.0 Å². The zero-order valence-corrected chi connectivity index (χ0v) is 10.6. The lowest BCUT2D eigenvalue weighted by molar-refractivity contribution is -0.119. The second-order valence-corrected chi connectivity index (χ2v) is 4.66. The highest BCUT2D eigenvalue weighted by Crippen LogP contribution is 2.32. The van der Waals surface area contributed by atoms with E-state index >= 15 is 0 Å². The monoisotopic (exact) mass is 292 g/mol. The topological polar surface area (TPSA) is 16.1 Å². The second-order valence-electron chi connectivity index (χ2n) is 2.97. The maximum absolute atomic E-state index is 12.2. The second kappa shape index (κ2) is 5.42. The van der Waals surface area contributed by atoms with E-state index in [1.807, 2.05) is 0 Å². The fourth-order valence-corrected chi connectivity index (χ4v) is 2.61. The number of thiazole rings is 1. The molecule has 0 amide bonds. The van der Waals surface area contributed by atoms with Crippen LogP contribution in [0.3, 0.4) is 0 Å². The van der Waals surface area contributed by atoms with E-state index in [9.17, 15) is 13.2 Å². The van der Waals surface area contributed by atoms with Gasteiger partial charge in [-0.1, -0.05) is 22.9 Å². The lowest BCUT2D eigenvalue weighted by Crippen LogP contribution is -2.33. The summed E-state index contributed by atoms with van der Waals surface area (Å²) in [6.07, 6.45) is -4.25. The van der Waals surface area contributed by atoms with E-state index < -0.39 is 12.7 Å². The summed E-state index contributed by atoms with van der Waals surface area (Å²) >= 11 is 12.4. The quantitative estimate of drug-likeness (QED) is 0.782. The third-order valence-corrected chi connectivity index (χ3v) is 3.75. The van der Waals surface area contributed by atoms with Crippen molar-refractivity contribution in [2.45, 2.75) is 19.0 Å². The van der Waals surface area contributed by atoms with Crippen LogP contribution in [0.15, 0.2) is 0 Å². The van der Waals surface area contributed by atoms with Crippen LogP contribution in [0.4, 0.5) is 18.3 Å². The van der Waals surface area contributed by atoms with Gasteiger partial charge in [0, 0.05) is 6.54 Å². The molecule has 0 spiro atoms. The molecule has 92 valence electrons. The largest absolute Gasteiger partial charge is 0.406 e. The van der Waals surface area contributed by atoms with E-state index in [0.29, 0.717) is 4.88 Å². The van der Waals surface area contributed by atoms with Crippen molar-refractivity contribution < 1.29 is 13.2 Å². The Morgan fingerprint density at radius 2 is 2.06 bits per heavy atom. The summed E-state index contributed by atoms with van der Waals surface area (Å²) in [6, 6.07) is 0. The number of aromatic nitrogens is 1. The first-order valence-electron chi connectivity index (χ1n) is 4.40. The van der Waals surface area contributed by atoms with Crippen molar-refractivity contribution in [3.63, 3.8) is 0 Å². The third kappa shape index (κ3) is 3.68. The van der Waals surface area contributed by atoms with E-state index in [1.54, 1.807) is 6.92 Å². The fourth-order valence-electron chi connectivity index (χ4n) is 1.07. The van der Waals surface area contributed by atoms with Gasteiger partial charge >= 0.3 is 6.18 Å². The van der Waals surface area contributed by atoms with Gasteiger partial charge in [0.25, 0.3) is 0 Å². The number of alkyl halides is 4. The van der Waals surface area contributed by atoms with Crippen molar-refractivity contribution in [3.8, 4) is 0 Å². The number of rotatable bonds is 4. The fraction of sp³-hybridized carbons (Fsp3) is 0.625. The average molecular weight is 293 g/mol. The lowest BCUT2D eigenvalue weighted by atomic mass is 10.5. The molecule has 0 N–H and O–H groups in total. The van der Waals surface area contributed by atoms with Gasteiger partial charge in [0.2, 0.25) is 0 Å². The Balaban J connectivity index is 2.87. The van der Waals surface area contributed by atoms with E-state index in [2.05, 4.69) is 4.98 Å². The van der Waals surface area contributed by atoms with Gasteiger partial charge in [-0.3, -0.25) is 0 Å². The summed E-state index contributed by atoms with van der Waals surface area (Å²) in [4.78, 5) is 5.56. The van der Waals surface area contributed by atoms with Crippen LogP contribution in [0.2, 0.25) is 5.15 Å². The predicted molar refractivity (Wildman–Crippen MR) is 60.6 cm³/mol. The van der Waals surface area contributed by atoms with E-state index in [-0.39, 0.29) is 22.7 Å². The van der Waals surface area contributed by atoms with Gasteiger partial charge < -0.3 is 4.90 Å². The zero-order valence-electron chi connectivity index (χ0n) is 8.31. The third-order valence-electron chi connectivity index (χ3n) is 1.78. The molecule has 0 aliphatic carbocycles. The summed E-state index contributed by atoms with van der Waals surface area (Å²) in [7, 11) is 0. The molecule has 0 saturated heterocycles. The maximum atomic E-state index is 12.2. The Labute approximate surface area is 105 Å². The molecule has 2 nitrogen and oxygen atoms in total. The Hall–Kier alpha value is -0.200. The van der Waals surface area contributed by atoms with Crippen LogP contribution in [-0.2, 0) is 5.88 Å². The highest BCUT2D eigenvalue weighted by Gasteiger charge is 2.31. The molecule has 0 aliphatic rings. The van der Waals surface area contributed by atoms with E-state index in [1.165, 1.54) is 0 Å². The van der Waals surface area contributed by atoms with Crippen LogP contribution >= 0.6 is 34.5 Å². The van der Waals surface area contributed by atoms with Crippen LogP contribution in [0.1, 0.15) is 11.8 Å². The standard InChI is InChI=1S/C8H9Cl2F3N2S/c1-2-15(4-8(11,12)13)7-14-6(10)5(3-9)16-7/h2-4H2,1H3. The van der Waals surface area contributed by atoms with Gasteiger partial charge in [-0.05, 0) is 6.92 Å². The van der Waals surface area contributed by atoms with Crippen LogP contribution in [-0.4, -0.2) is 24.2 Å². The molecular formula is C8H9Cl2F3N2S. The summed E-state index contributed by atoms with van der Waals surface area (Å²) < 4.78 is 36.7. The van der Waals surface area contributed by atoms with Gasteiger partial charge in [-0.15, -0.1) is 11.6 Å². The average Bonchev–Trinajstić information content (AvgIpc) is 2.54. The predicted octanol–water partition coefficient (Wildman–Crippen LogP) is 3.92.